The van der Waals surface area contributed by atoms with Gasteiger partial charge in [0.1, 0.15) is 0 Å². The van der Waals surface area contributed by atoms with E-state index in [0.29, 0.717) is 16.6 Å². The number of nitrogens with zero attached hydrogens (tertiary/aromatic N) is 2. The highest BCUT2D eigenvalue weighted by molar-refractivity contribution is 9.10. The third kappa shape index (κ3) is 2.10. The van der Waals surface area contributed by atoms with Crippen molar-refractivity contribution in [2.75, 3.05) is 0 Å². The van der Waals surface area contributed by atoms with E-state index in [1.807, 2.05) is 42.1 Å². The number of fused-ring (bicyclic) bond motifs is 1. The fraction of sp³-hybridized carbons (Fsp3) is 0.0667. The van der Waals surface area contributed by atoms with Crippen molar-refractivity contribution in [2.45, 2.75) is 0 Å². The van der Waals surface area contributed by atoms with Gasteiger partial charge >= 0.3 is 5.97 Å². The number of aromatic carboxylic acids is 1. The molecule has 2 heterocycles. The van der Waals surface area contributed by atoms with E-state index in [9.17, 15) is 9.90 Å². The standard InChI is InChI=1S/C15H11BrN2O2/c1-18-6-2-3-14(18)13-8-11(15(19)20)10-7-9(16)4-5-12(10)17-13/h2-8H,1H3,(H,19,20). The predicted octanol–water partition coefficient (Wildman–Crippen LogP) is 3.70. The van der Waals surface area contributed by atoms with Crippen molar-refractivity contribution in [3.8, 4) is 11.4 Å². The molecule has 0 saturated carbocycles. The summed E-state index contributed by atoms with van der Waals surface area (Å²) < 4.78 is 2.75. The molecule has 0 unspecified atom stereocenters. The van der Waals surface area contributed by atoms with E-state index in [0.717, 1.165) is 10.2 Å². The number of benzene rings is 1. The first kappa shape index (κ1) is 12.9. The number of aryl methyl sites for hydroxylation is 1. The van der Waals surface area contributed by atoms with Crippen LogP contribution in [-0.2, 0) is 7.05 Å². The zero-order valence-corrected chi connectivity index (χ0v) is 12.3. The molecule has 0 bridgehead atoms. The van der Waals surface area contributed by atoms with Gasteiger partial charge in [-0.2, -0.15) is 0 Å². The molecule has 3 rings (SSSR count). The van der Waals surface area contributed by atoms with Gasteiger partial charge in [0.25, 0.3) is 0 Å². The van der Waals surface area contributed by atoms with Crippen LogP contribution >= 0.6 is 15.9 Å². The quantitative estimate of drug-likeness (QED) is 0.779. The summed E-state index contributed by atoms with van der Waals surface area (Å²) >= 11 is 3.36. The molecule has 1 N–H and O–H groups in total. The van der Waals surface area contributed by atoms with Gasteiger partial charge in [-0.25, -0.2) is 9.78 Å². The lowest BCUT2D eigenvalue weighted by atomic mass is 10.1. The molecule has 5 heteroatoms. The van der Waals surface area contributed by atoms with E-state index >= 15 is 0 Å². The Labute approximate surface area is 123 Å². The predicted molar refractivity (Wildman–Crippen MR) is 80.8 cm³/mol. The zero-order valence-electron chi connectivity index (χ0n) is 10.7. The largest absolute Gasteiger partial charge is 0.478 e. The number of rotatable bonds is 2. The fourth-order valence-electron chi connectivity index (χ4n) is 2.23. The maximum Gasteiger partial charge on any atom is 0.336 e. The van der Waals surface area contributed by atoms with Crippen LogP contribution in [0.4, 0.5) is 0 Å². The summed E-state index contributed by atoms with van der Waals surface area (Å²) in [6, 6.07) is 10.9. The van der Waals surface area contributed by atoms with Gasteiger partial charge in [-0.1, -0.05) is 15.9 Å². The lowest BCUT2D eigenvalue weighted by Gasteiger charge is -2.08. The van der Waals surface area contributed by atoms with Gasteiger partial charge in [0.15, 0.2) is 0 Å². The maximum atomic E-state index is 11.5. The number of hydrogen-bond acceptors (Lipinski definition) is 2. The zero-order chi connectivity index (χ0) is 14.3. The second-order valence-corrected chi connectivity index (χ2v) is 5.44. The van der Waals surface area contributed by atoms with Crippen molar-refractivity contribution in [3.05, 3.63) is 52.6 Å². The van der Waals surface area contributed by atoms with Crippen LogP contribution in [0.15, 0.2) is 47.1 Å². The van der Waals surface area contributed by atoms with Crippen molar-refractivity contribution in [3.63, 3.8) is 0 Å². The molecule has 20 heavy (non-hydrogen) atoms. The van der Waals surface area contributed by atoms with Gasteiger partial charge in [0.05, 0.1) is 22.5 Å². The summed E-state index contributed by atoms with van der Waals surface area (Å²) in [6.07, 6.45) is 1.91. The number of pyridine rings is 1. The van der Waals surface area contributed by atoms with Gasteiger partial charge in [-0.15, -0.1) is 0 Å². The van der Waals surface area contributed by atoms with E-state index in [4.69, 9.17) is 0 Å². The summed E-state index contributed by atoms with van der Waals surface area (Å²) in [5, 5.41) is 10.0. The Morgan fingerprint density at radius 3 is 2.75 bits per heavy atom. The first-order valence-corrected chi connectivity index (χ1v) is 6.81. The minimum atomic E-state index is -0.953. The molecule has 0 radical (unpaired) electrons. The molecule has 0 atom stereocenters. The van der Waals surface area contributed by atoms with Crippen LogP contribution < -0.4 is 0 Å². The molecular weight excluding hydrogens is 320 g/mol. The smallest absolute Gasteiger partial charge is 0.336 e. The summed E-state index contributed by atoms with van der Waals surface area (Å²) in [6.45, 7) is 0. The van der Waals surface area contributed by atoms with Crippen molar-refractivity contribution in [1.29, 1.82) is 0 Å². The highest BCUT2D eigenvalue weighted by Crippen LogP contribution is 2.27. The Bertz CT molecular complexity index is 824. The Morgan fingerprint density at radius 2 is 2.10 bits per heavy atom. The van der Waals surface area contributed by atoms with Crippen molar-refractivity contribution < 1.29 is 9.90 Å². The highest BCUT2D eigenvalue weighted by Gasteiger charge is 2.14. The minimum absolute atomic E-state index is 0.257. The lowest BCUT2D eigenvalue weighted by molar-refractivity contribution is 0.0699. The monoisotopic (exact) mass is 330 g/mol. The van der Waals surface area contributed by atoms with Crippen LogP contribution in [0.2, 0.25) is 0 Å². The summed E-state index contributed by atoms with van der Waals surface area (Å²) in [5.74, 6) is -0.953. The second kappa shape index (κ2) is 4.76. The van der Waals surface area contributed by atoms with Gasteiger partial charge < -0.3 is 9.67 Å². The van der Waals surface area contributed by atoms with E-state index in [1.165, 1.54) is 0 Å². The molecular formula is C15H11BrN2O2. The molecule has 0 aliphatic rings. The Balaban J connectivity index is 2.34. The van der Waals surface area contributed by atoms with Gasteiger partial charge in [0, 0.05) is 23.1 Å². The number of halogens is 1. The molecule has 0 aliphatic heterocycles. The van der Waals surface area contributed by atoms with E-state index in [1.54, 1.807) is 12.1 Å². The molecule has 0 aliphatic carbocycles. The normalized spacial score (nSPS) is 10.9. The van der Waals surface area contributed by atoms with Crippen LogP contribution in [0, 0.1) is 0 Å². The first-order chi connectivity index (χ1) is 9.56. The molecule has 3 aromatic rings. The van der Waals surface area contributed by atoms with Crippen LogP contribution in [0.25, 0.3) is 22.3 Å². The van der Waals surface area contributed by atoms with Crippen LogP contribution in [-0.4, -0.2) is 20.6 Å². The molecule has 2 aromatic heterocycles. The SMILES string of the molecule is Cn1cccc1-c1cc(C(=O)O)c2cc(Br)ccc2n1. The summed E-state index contributed by atoms with van der Waals surface area (Å²) in [5.41, 5.74) is 2.47. The summed E-state index contributed by atoms with van der Waals surface area (Å²) in [4.78, 5) is 16.0. The molecule has 0 fully saturated rings. The number of hydrogen-bond donors (Lipinski definition) is 1. The lowest BCUT2D eigenvalue weighted by Crippen LogP contribution is -2.01. The molecule has 4 nitrogen and oxygen atoms in total. The van der Waals surface area contributed by atoms with Crippen molar-refractivity contribution in [1.82, 2.24) is 9.55 Å². The Morgan fingerprint density at radius 1 is 1.30 bits per heavy atom. The molecule has 0 spiro atoms. The number of aromatic nitrogens is 2. The highest BCUT2D eigenvalue weighted by atomic mass is 79.9. The third-order valence-corrected chi connectivity index (χ3v) is 3.70. The topological polar surface area (TPSA) is 55.1 Å². The van der Waals surface area contributed by atoms with Crippen molar-refractivity contribution in [2.24, 2.45) is 7.05 Å². The molecule has 100 valence electrons. The maximum absolute atomic E-state index is 11.5. The third-order valence-electron chi connectivity index (χ3n) is 3.21. The van der Waals surface area contributed by atoms with Crippen LogP contribution in [0.1, 0.15) is 10.4 Å². The van der Waals surface area contributed by atoms with E-state index < -0.39 is 5.97 Å². The number of carboxylic acids is 1. The molecule has 1 aromatic carbocycles. The second-order valence-electron chi connectivity index (χ2n) is 4.53. The minimum Gasteiger partial charge on any atom is -0.478 e. The first-order valence-electron chi connectivity index (χ1n) is 6.01. The van der Waals surface area contributed by atoms with Gasteiger partial charge in [-0.3, -0.25) is 0 Å². The number of carboxylic acid groups (broad SMARTS) is 1. The number of carbonyl (C=O) groups is 1. The van der Waals surface area contributed by atoms with Crippen LogP contribution in [0.3, 0.4) is 0 Å². The van der Waals surface area contributed by atoms with E-state index in [-0.39, 0.29) is 5.56 Å². The Hall–Kier alpha value is -2.14. The van der Waals surface area contributed by atoms with E-state index in [2.05, 4.69) is 20.9 Å². The van der Waals surface area contributed by atoms with Gasteiger partial charge in [0.2, 0.25) is 0 Å². The average molecular weight is 331 g/mol. The van der Waals surface area contributed by atoms with Gasteiger partial charge in [-0.05, 0) is 36.4 Å². The average Bonchev–Trinajstić information content (AvgIpc) is 2.83. The molecule has 0 saturated heterocycles. The Kier molecular flexibility index (Phi) is 3.06. The van der Waals surface area contributed by atoms with Crippen LogP contribution in [0.5, 0.6) is 0 Å². The molecule has 0 amide bonds. The fourth-order valence-corrected chi connectivity index (χ4v) is 2.59. The van der Waals surface area contributed by atoms with Crippen molar-refractivity contribution >= 4 is 32.8 Å². The summed E-state index contributed by atoms with van der Waals surface area (Å²) in [7, 11) is 1.91.